The Balaban J connectivity index is 1.38. The molecular weight excluding hydrogens is 389 g/mol. The minimum Gasteiger partial charge on any atom is -0.478 e. The molecule has 0 bridgehead atoms. The van der Waals surface area contributed by atoms with Gasteiger partial charge in [-0.2, -0.15) is 0 Å². The van der Waals surface area contributed by atoms with Gasteiger partial charge in [0.25, 0.3) is 0 Å². The topological polar surface area (TPSA) is 38.8 Å². The van der Waals surface area contributed by atoms with E-state index in [-0.39, 0.29) is 17.4 Å². The Morgan fingerprint density at radius 3 is 2.79 bits per heavy atom. The van der Waals surface area contributed by atoms with Gasteiger partial charge in [0.15, 0.2) is 5.76 Å². The minimum atomic E-state index is -0.317. The molecule has 0 radical (unpaired) electrons. The van der Waals surface area contributed by atoms with Gasteiger partial charge in [0.05, 0.1) is 11.1 Å². The normalized spacial score (nSPS) is 17.0. The van der Waals surface area contributed by atoms with Gasteiger partial charge >= 0.3 is 0 Å². The maximum Gasteiger partial charge on any atom is 0.231 e. The largest absolute Gasteiger partial charge is 0.478 e. The van der Waals surface area contributed by atoms with Crippen LogP contribution in [0, 0.1) is 5.82 Å². The number of fused-ring (bicyclic) bond motifs is 3. The Bertz CT molecular complexity index is 1090. The minimum absolute atomic E-state index is 0.164. The van der Waals surface area contributed by atoms with E-state index in [0.717, 1.165) is 24.3 Å². The van der Waals surface area contributed by atoms with E-state index in [9.17, 15) is 9.18 Å². The van der Waals surface area contributed by atoms with Crippen LogP contribution in [0.25, 0.3) is 6.08 Å². The predicted molar refractivity (Wildman–Crippen MR) is 110 cm³/mol. The van der Waals surface area contributed by atoms with Crippen LogP contribution in [0.15, 0.2) is 59.7 Å². The molecule has 3 heterocycles. The Hall–Kier alpha value is -2.96. The fourth-order valence-corrected chi connectivity index (χ4v) is 4.28. The van der Waals surface area contributed by atoms with Gasteiger partial charge < -0.3 is 9.47 Å². The first-order valence-corrected chi connectivity index (χ1v) is 10.3. The van der Waals surface area contributed by atoms with E-state index < -0.39 is 0 Å². The maximum absolute atomic E-state index is 13.1. The van der Waals surface area contributed by atoms with Crippen LogP contribution in [0.2, 0.25) is 0 Å². The number of nitrogens with zero attached hydrogens (tertiary/aromatic N) is 1. The molecule has 2 aliphatic heterocycles. The highest BCUT2D eigenvalue weighted by molar-refractivity contribution is 7.09. The fraction of sp³-hybridized carbons (Fsp3) is 0.174. The zero-order valence-electron chi connectivity index (χ0n) is 15.6. The van der Waals surface area contributed by atoms with E-state index in [1.54, 1.807) is 35.6 Å². The molecule has 1 aromatic heterocycles. The number of rotatable bonds is 4. The number of hydrogen-bond acceptors (Lipinski definition) is 5. The summed E-state index contributed by atoms with van der Waals surface area (Å²) in [5.74, 6) is 1.09. The van der Waals surface area contributed by atoms with Crippen molar-refractivity contribution in [1.29, 1.82) is 0 Å². The van der Waals surface area contributed by atoms with Crippen LogP contribution >= 0.6 is 11.3 Å². The number of ketones is 1. The van der Waals surface area contributed by atoms with E-state index in [1.165, 1.54) is 17.0 Å². The quantitative estimate of drug-likeness (QED) is 0.577. The lowest BCUT2D eigenvalue weighted by Gasteiger charge is -2.29. The SMILES string of the molecule is O=C1/C(=C/c2ccc(F)cc2)Oc2c1ccc1c2CN(CCc2cccs2)CO1. The van der Waals surface area contributed by atoms with Gasteiger partial charge in [0.1, 0.15) is 24.0 Å². The third-order valence-electron chi connectivity index (χ3n) is 5.10. The van der Waals surface area contributed by atoms with Crippen molar-refractivity contribution in [2.45, 2.75) is 13.0 Å². The lowest BCUT2D eigenvalue weighted by atomic mass is 10.0. The van der Waals surface area contributed by atoms with Crippen LogP contribution < -0.4 is 9.47 Å². The van der Waals surface area contributed by atoms with Crippen LogP contribution in [0.1, 0.15) is 26.4 Å². The second-order valence-corrected chi connectivity index (χ2v) is 8.10. The molecule has 2 aliphatic rings. The third-order valence-corrected chi connectivity index (χ3v) is 6.04. The average molecular weight is 407 g/mol. The summed E-state index contributed by atoms with van der Waals surface area (Å²) in [7, 11) is 0. The van der Waals surface area contributed by atoms with Crippen LogP contribution in [0.3, 0.4) is 0 Å². The molecule has 29 heavy (non-hydrogen) atoms. The first-order valence-electron chi connectivity index (χ1n) is 9.40. The first-order chi connectivity index (χ1) is 14.2. The number of carbonyl (C=O) groups excluding carboxylic acids is 1. The molecule has 0 aliphatic carbocycles. The van der Waals surface area contributed by atoms with E-state index in [4.69, 9.17) is 9.47 Å². The molecule has 5 rings (SSSR count). The Kier molecular flexibility index (Phi) is 4.66. The number of halogens is 1. The molecule has 0 atom stereocenters. The lowest BCUT2D eigenvalue weighted by molar-refractivity contribution is 0.0951. The summed E-state index contributed by atoms with van der Waals surface area (Å²) >= 11 is 1.75. The molecule has 0 unspecified atom stereocenters. The van der Waals surface area contributed by atoms with Crippen molar-refractivity contribution in [1.82, 2.24) is 4.90 Å². The molecule has 0 saturated carbocycles. The standard InChI is InChI=1S/C23H18FNO3S/c24-16-5-3-15(4-6-16)12-21-22(26)18-7-8-20-19(23(18)28-21)13-25(14-27-20)10-9-17-2-1-11-29-17/h1-8,11-12H,9-10,13-14H2/b21-12-. The summed E-state index contributed by atoms with van der Waals surface area (Å²) < 4.78 is 25.0. The fourth-order valence-electron chi connectivity index (χ4n) is 3.58. The van der Waals surface area contributed by atoms with Crippen LogP contribution in [-0.2, 0) is 13.0 Å². The van der Waals surface area contributed by atoms with Gasteiger partial charge in [-0.1, -0.05) is 18.2 Å². The molecule has 0 fully saturated rings. The molecule has 4 nitrogen and oxygen atoms in total. The summed E-state index contributed by atoms with van der Waals surface area (Å²) in [4.78, 5) is 16.3. The highest BCUT2D eigenvalue weighted by atomic mass is 32.1. The van der Waals surface area contributed by atoms with Crippen molar-refractivity contribution in [2.24, 2.45) is 0 Å². The van der Waals surface area contributed by atoms with E-state index in [2.05, 4.69) is 22.4 Å². The van der Waals surface area contributed by atoms with Crippen molar-refractivity contribution < 1.29 is 18.7 Å². The summed E-state index contributed by atoms with van der Waals surface area (Å²) in [6.45, 7) is 2.06. The number of Topliss-reactive ketones (excluding diaryl/α,β-unsaturated/α-hetero) is 1. The first kappa shape index (κ1) is 18.1. The second kappa shape index (κ2) is 7.46. The molecule has 0 spiro atoms. The van der Waals surface area contributed by atoms with Gasteiger partial charge in [-0.05, 0) is 53.8 Å². The van der Waals surface area contributed by atoms with Crippen molar-refractivity contribution >= 4 is 23.2 Å². The smallest absolute Gasteiger partial charge is 0.231 e. The second-order valence-electron chi connectivity index (χ2n) is 7.07. The van der Waals surface area contributed by atoms with E-state index in [1.807, 2.05) is 6.07 Å². The molecule has 6 heteroatoms. The van der Waals surface area contributed by atoms with Gasteiger partial charge in [-0.25, -0.2) is 4.39 Å². The Labute approximate surface area is 171 Å². The molecular formula is C23H18FNO3S. The monoisotopic (exact) mass is 407 g/mol. The number of hydrogen-bond donors (Lipinski definition) is 0. The number of allylic oxidation sites excluding steroid dienone is 1. The van der Waals surface area contributed by atoms with Crippen LogP contribution in [0.5, 0.6) is 11.5 Å². The molecule has 0 saturated heterocycles. The molecule has 2 aromatic carbocycles. The van der Waals surface area contributed by atoms with Crippen molar-refractivity contribution in [3.8, 4) is 11.5 Å². The average Bonchev–Trinajstić information content (AvgIpc) is 3.37. The van der Waals surface area contributed by atoms with Gasteiger partial charge in [-0.3, -0.25) is 9.69 Å². The summed E-state index contributed by atoms with van der Waals surface area (Å²) in [5.41, 5.74) is 2.15. The van der Waals surface area contributed by atoms with Crippen molar-refractivity contribution in [3.05, 3.63) is 87.1 Å². The Morgan fingerprint density at radius 1 is 1.14 bits per heavy atom. The highest BCUT2D eigenvalue weighted by Crippen LogP contribution is 2.42. The summed E-state index contributed by atoms with van der Waals surface area (Å²) in [6, 6.07) is 13.7. The van der Waals surface area contributed by atoms with Crippen LogP contribution in [-0.4, -0.2) is 24.0 Å². The summed E-state index contributed by atoms with van der Waals surface area (Å²) in [6.07, 6.45) is 2.60. The van der Waals surface area contributed by atoms with E-state index in [0.29, 0.717) is 30.2 Å². The molecule has 146 valence electrons. The zero-order chi connectivity index (χ0) is 19.8. The maximum atomic E-state index is 13.1. The molecule has 0 amide bonds. The number of benzene rings is 2. The third kappa shape index (κ3) is 3.57. The molecule has 0 N–H and O–H groups in total. The Morgan fingerprint density at radius 2 is 2.00 bits per heavy atom. The van der Waals surface area contributed by atoms with Gasteiger partial charge in [0, 0.05) is 18.0 Å². The van der Waals surface area contributed by atoms with Crippen LogP contribution in [0.4, 0.5) is 4.39 Å². The van der Waals surface area contributed by atoms with Crippen molar-refractivity contribution in [2.75, 3.05) is 13.3 Å². The summed E-state index contributed by atoms with van der Waals surface area (Å²) in [5, 5.41) is 2.08. The number of carbonyl (C=O) groups is 1. The van der Waals surface area contributed by atoms with E-state index >= 15 is 0 Å². The van der Waals surface area contributed by atoms with Gasteiger partial charge in [-0.15, -0.1) is 11.3 Å². The highest BCUT2D eigenvalue weighted by Gasteiger charge is 2.33. The number of thiophene rings is 1. The van der Waals surface area contributed by atoms with Crippen molar-refractivity contribution in [3.63, 3.8) is 0 Å². The zero-order valence-corrected chi connectivity index (χ0v) is 16.4. The number of ether oxygens (including phenoxy) is 2. The lowest BCUT2D eigenvalue weighted by Crippen LogP contribution is -2.33. The predicted octanol–water partition coefficient (Wildman–Crippen LogP) is 4.90. The molecule has 3 aromatic rings. The van der Waals surface area contributed by atoms with Gasteiger partial charge in [0.2, 0.25) is 5.78 Å².